The molecule has 0 amide bonds. The summed E-state index contributed by atoms with van der Waals surface area (Å²) in [5.74, 6) is 0.882. The van der Waals surface area contributed by atoms with Crippen LogP contribution in [-0.4, -0.2) is 54.6 Å². The third kappa shape index (κ3) is 3.46. The van der Waals surface area contributed by atoms with Gasteiger partial charge in [-0.3, -0.25) is 4.90 Å². The molecular weight excluding hydrogens is 258 g/mol. The number of nitrogens with two attached hydrogens (primary N) is 1. The maximum Gasteiger partial charge on any atom is 0.0333 e. The van der Waals surface area contributed by atoms with Gasteiger partial charge in [0, 0.05) is 37.8 Å². The van der Waals surface area contributed by atoms with Crippen molar-refractivity contribution in [1.29, 1.82) is 0 Å². The zero-order valence-corrected chi connectivity index (χ0v) is 15.0. The normalized spacial score (nSPS) is 36.9. The lowest BCUT2D eigenvalue weighted by Gasteiger charge is -2.53. The molecule has 2 fully saturated rings. The molecule has 21 heavy (non-hydrogen) atoms. The molecule has 0 spiro atoms. The van der Waals surface area contributed by atoms with Gasteiger partial charge in [0.2, 0.25) is 0 Å². The Labute approximate surface area is 132 Å². The van der Waals surface area contributed by atoms with E-state index in [1.165, 1.54) is 51.7 Å². The van der Waals surface area contributed by atoms with E-state index in [2.05, 4.69) is 44.5 Å². The Morgan fingerprint density at radius 3 is 2.29 bits per heavy atom. The van der Waals surface area contributed by atoms with Crippen LogP contribution in [0, 0.1) is 11.3 Å². The van der Waals surface area contributed by atoms with Gasteiger partial charge in [-0.2, -0.15) is 0 Å². The second-order valence-corrected chi connectivity index (χ2v) is 8.32. The first-order valence-corrected chi connectivity index (χ1v) is 9.00. The Morgan fingerprint density at radius 1 is 1.19 bits per heavy atom. The summed E-state index contributed by atoms with van der Waals surface area (Å²) in [5, 5.41) is 0. The topological polar surface area (TPSA) is 32.5 Å². The number of hydrogen-bond acceptors (Lipinski definition) is 3. The van der Waals surface area contributed by atoms with Crippen LogP contribution in [0.5, 0.6) is 0 Å². The summed E-state index contributed by atoms with van der Waals surface area (Å²) >= 11 is 0. The summed E-state index contributed by atoms with van der Waals surface area (Å²) in [6.07, 6.45) is 6.61. The predicted octanol–water partition coefficient (Wildman–Crippen LogP) is 2.95. The third-order valence-electron chi connectivity index (χ3n) is 6.94. The van der Waals surface area contributed by atoms with Crippen molar-refractivity contribution < 1.29 is 0 Å². The van der Waals surface area contributed by atoms with E-state index in [9.17, 15) is 0 Å². The molecule has 1 atom stereocenters. The van der Waals surface area contributed by atoms with Gasteiger partial charge < -0.3 is 10.6 Å². The maximum atomic E-state index is 6.28. The molecule has 1 saturated carbocycles. The minimum absolute atomic E-state index is 0.288. The quantitative estimate of drug-likeness (QED) is 0.865. The largest absolute Gasteiger partial charge is 0.329 e. The van der Waals surface area contributed by atoms with Crippen LogP contribution >= 0.6 is 0 Å². The monoisotopic (exact) mass is 295 g/mol. The minimum atomic E-state index is 0.288. The van der Waals surface area contributed by atoms with Crippen LogP contribution < -0.4 is 5.73 Å². The molecule has 0 bridgehead atoms. The first-order valence-electron chi connectivity index (χ1n) is 9.00. The van der Waals surface area contributed by atoms with E-state index in [-0.39, 0.29) is 5.54 Å². The van der Waals surface area contributed by atoms with E-state index in [1.54, 1.807) is 0 Å². The van der Waals surface area contributed by atoms with E-state index in [1.807, 2.05) is 0 Å². The number of rotatable bonds is 4. The van der Waals surface area contributed by atoms with E-state index in [4.69, 9.17) is 5.73 Å². The lowest BCUT2D eigenvalue weighted by molar-refractivity contribution is -0.0230. The number of piperazine rings is 1. The van der Waals surface area contributed by atoms with E-state index in [0.29, 0.717) is 11.5 Å². The number of hydrogen-bond donors (Lipinski definition) is 1. The van der Waals surface area contributed by atoms with Crippen LogP contribution in [0.2, 0.25) is 0 Å². The first-order chi connectivity index (χ1) is 9.84. The highest BCUT2D eigenvalue weighted by Gasteiger charge is 2.43. The lowest BCUT2D eigenvalue weighted by Crippen LogP contribution is -2.63. The first kappa shape index (κ1) is 17.2. The fourth-order valence-corrected chi connectivity index (χ4v) is 4.35. The molecule has 1 saturated heterocycles. The summed E-state index contributed by atoms with van der Waals surface area (Å²) in [5.41, 5.74) is 7.06. The third-order valence-corrected chi connectivity index (χ3v) is 6.94. The van der Waals surface area contributed by atoms with Crippen molar-refractivity contribution in [2.45, 2.75) is 71.4 Å². The fraction of sp³-hybridized carbons (Fsp3) is 1.00. The SMILES string of the molecule is CCC(C)(C)C1CCC(CN)(N2CCN(C)C(C)C2)CC1. The van der Waals surface area contributed by atoms with Crippen LogP contribution in [0.15, 0.2) is 0 Å². The van der Waals surface area contributed by atoms with Gasteiger partial charge in [0.05, 0.1) is 0 Å². The van der Waals surface area contributed by atoms with E-state index < -0.39 is 0 Å². The Hall–Kier alpha value is -0.120. The summed E-state index contributed by atoms with van der Waals surface area (Å²) < 4.78 is 0. The molecule has 3 nitrogen and oxygen atoms in total. The highest BCUT2D eigenvalue weighted by atomic mass is 15.3. The van der Waals surface area contributed by atoms with Gasteiger partial charge in [-0.1, -0.05) is 27.2 Å². The zero-order chi connectivity index (χ0) is 15.7. The molecule has 0 aromatic carbocycles. The number of likely N-dealkylation sites (N-methyl/N-ethyl adjacent to an activating group) is 1. The van der Waals surface area contributed by atoms with Gasteiger partial charge in [0.1, 0.15) is 0 Å². The van der Waals surface area contributed by atoms with Gasteiger partial charge in [-0.05, 0) is 51.0 Å². The predicted molar refractivity (Wildman–Crippen MR) is 91.5 cm³/mol. The maximum absolute atomic E-state index is 6.28. The average Bonchev–Trinajstić information content (AvgIpc) is 2.50. The molecule has 1 aliphatic heterocycles. The summed E-state index contributed by atoms with van der Waals surface area (Å²) in [6, 6.07) is 0.659. The van der Waals surface area contributed by atoms with Crippen molar-refractivity contribution in [3.63, 3.8) is 0 Å². The summed E-state index contributed by atoms with van der Waals surface area (Å²) in [4.78, 5) is 5.21. The summed E-state index contributed by atoms with van der Waals surface area (Å²) in [7, 11) is 2.25. The standard InChI is InChI=1S/C18H37N3/c1-6-17(3,4)16-7-9-18(14-19,10-8-16)21-12-11-20(5)15(2)13-21/h15-16H,6-14,19H2,1-5H3. The van der Waals surface area contributed by atoms with Crippen molar-refractivity contribution in [3.8, 4) is 0 Å². The highest BCUT2D eigenvalue weighted by Crippen LogP contribution is 2.45. The van der Waals surface area contributed by atoms with Crippen LogP contribution in [0.4, 0.5) is 0 Å². The van der Waals surface area contributed by atoms with Crippen molar-refractivity contribution in [1.82, 2.24) is 9.80 Å². The van der Waals surface area contributed by atoms with Gasteiger partial charge in [-0.25, -0.2) is 0 Å². The van der Waals surface area contributed by atoms with Crippen molar-refractivity contribution in [2.75, 3.05) is 33.2 Å². The van der Waals surface area contributed by atoms with Crippen molar-refractivity contribution >= 4 is 0 Å². The van der Waals surface area contributed by atoms with E-state index in [0.717, 1.165) is 12.5 Å². The highest BCUT2D eigenvalue weighted by molar-refractivity contribution is 5.00. The van der Waals surface area contributed by atoms with Crippen LogP contribution in [0.3, 0.4) is 0 Å². The van der Waals surface area contributed by atoms with Crippen molar-refractivity contribution in [2.24, 2.45) is 17.1 Å². The molecular formula is C18H37N3. The Morgan fingerprint density at radius 2 is 1.81 bits per heavy atom. The molecule has 2 N–H and O–H groups in total. The van der Waals surface area contributed by atoms with Crippen LogP contribution in [0.25, 0.3) is 0 Å². The second-order valence-electron chi connectivity index (χ2n) is 8.32. The zero-order valence-electron chi connectivity index (χ0n) is 15.0. The molecule has 2 aliphatic rings. The van der Waals surface area contributed by atoms with Gasteiger partial charge >= 0.3 is 0 Å². The average molecular weight is 296 g/mol. The fourth-order valence-electron chi connectivity index (χ4n) is 4.35. The molecule has 3 heteroatoms. The minimum Gasteiger partial charge on any atom is -0.329 e. The van der Waals surface area contributed by atoms with Crippen LogP contribution in [-0.2, 0) is 0 Å². The molecule has 0 aromatic rings. The molecule has 1 unspecified atom stereocenters. The van der Waals surface area contributed by atoms with Gasteiger partial charge in [0.15, 0.2) is 0 Å². The lowest BCUT2D eigenvalue weighted by atomic mass is 9.65. The van der Waals surface area contributed by atoms with Gasteiger partial charge in [-0.15, -0.1) is 0 Å². The molecule has 124 valence electrons. The van der Waals surface area contributed by atoms with Gasteiger partial charge in [0.25, 0.3) is 0 Å². The molecule has 1 aliphatic carbocycles. The van der Waals surface area contributed by atoms with Crippen molar-refractivity contribution in [3.05, 3.63) is 0 Å². The Balaban J connectivity index is 2.01. The smallest absolute Gasteiger partial charge is 0.0333 e. The molecule has 0 radical (unpaired) electrons. The molecule has 2 rings (SSSR count). The second kappa shape index (κ2) is 6.55. The van der Waals surface area contributed by atoms with E-state index >= 15 is 0 Å². The van der Waals surface area contributed by atoms with Crippen LogP contribution in [0.1, 0.15) is 59.8 Å². The Kier molecular flexibility index (Phi) is 5.38. The molecule has 0 aromatic heterocycles. The molecule has 1 heterocycles. The number of nitrogens with zero attached hydrogens (tertiary/aromatic N) is 2. The summed E-state index contributed by atoms with van der Waals surface area (Å²) in [6.45, 7) is 14.0. The Bertz CT molecular complexity index is 331.